The molecule has 2 atom stereocenters. The number of anilines is 1. The van der Waals surface area contributed by atoms with Crippen molar-refractivity contribution >= 4 is 39.2 Å². The van der Waals surface area contributed by atoms with Gasteiger partial charge in [-0.3, -0.25) is 14.6 Å². The number of benzene rings is 3. The number of rotatable bonds is 10. The number of H-pyrrole nitrogens is 2. The van der Waals surface area contributed by atoms with Crippen molar-refractivity contribution in [3.63, 3.8) is 0 Å². The summed E-state index contributed by atoms with van der Waals surface area (Å²) >= 11 is 0. The highest BCUT2D eigenvalue weighted by molar-refractivity contribution is 6.09. The molecule has 3 aromatic carbocycles. The Balaban J connectivity index is 1.13. The number of amides is 2. The molecule has 3 aromatic heterocycles. The van der Waals surface area contributed by atoms with E-state index < -0.39 is 11.9 Å². The van der Waals surface area contributed by atoms with E-state index in [2.05, 4.69) is 42.0 Å². The van der Waals surface area contributed by atoms with Gasteiger partial charge < -0.3 is 31.7 Å². The summed E-state index contributed by atoms with van der Waals surface area (Å²) in [6.07, 6.45) is 10.2. The minimum absolute atomic E-state index is 0.0954. The second-order valence-electron chi connectivity index (χ2n) is 11.4. The molecule has 6 aromatic rings. The van der Waals surface area contributed by atoms with Crippen LogP contribution in [-0.4, -0.2) is 31.8 Å². The van der Waals surface area contributed by atoms with E-state index in [9.17, 15) is 9.59 Å². The molecule has 45 heavy (non-hydrogen) atoms. The molecule has 7 N–H and O–H groups in total. The topological polar surface area (TPSA) is 154 Å². The Hall–Kier alpha value is -5.48. The molecular weight excluding hydrogens is 564 g/mol. The molecular formula is C35H34N8O2. The summed E-state index contributed by atoms with van der Waals surface area (Å²) in [5.41, 5.74) is 12.1. The molecule has 226 valence electrons. The zero-order valence-electron chi connectivity index (χ0n) is 24.6. The number of nitrogens with zero attached hydrogens (tertiary/aromatic N) is 2. The monoisotopic (exact) mass is 598 g/mol. The molecule has 10 nitrogen and oxygen atoms in total. The predicted molar refractivity (Wildman–Crippen MR) is 174 cm³/mol. The smallest absolute Gasteiger partial charge is 0.252 e. The van der Waals surface area contributed by atoms with Crippen LogP contribution in [0.1, 0.15) is 63.5 Å². The van der Waals surface area contributed by atoms with E-state index in [0.717, 1.165) is 63.7 Å². The van der Waals surface area contributed by atoms with Gasteiger partial charge in [0.25, 0.3) is 5.91 Å². The van der Waals surface area contributed by atoms with E-state index in [-0.39, 0.29) is 11.9 Å². The van der Waals surface area contributed by atoms with Gasteiger partial charge in [0.2, 0.25) is 5.91 Å². The fourth-order valence-electron chi connectivity index (χ4n) is 6.36. The fourth-order valence-corrected chi connectivity index (χ4v) is 6.36. The van der Waals surface area contributed by atoms with Gasteiger partial charge in [-0.25, -0.2) is 4.98 Å². The first-order valence-corrected chi connectivity index (χ1v) is 15.2. The van der Waals surface area contributed by atoms with E-state index in [0.29, 0.717) is 24.2 Å². The number of imidazole rings is 1. The molecule has 0 aliphatic heterocycles. The number of fused-ring (bicyclic) bond motifs is 3. The number of carbonyl (C=O) groups excluding carboxylic acids is 2. The summed E-state index contributed by atoms with van der Waals surface area (Å²) in [5, 5.41) is 12.5. The van der Waals surface area contributed by atoms with Crippen molar-refractivity contribution in [2.75, 3.05) is 5.32 Å². The predicted octanol–water partition coefficient (Wildman–Crippen LogP) is 5.17. The lowest BCUT2D eigenvalue weighted by atomic mass is 9.91. The number of aromatic nitrogens is 4. The van der Waals surface area contributed by atoms with Crippen LogP contribution in [0.25, 0.3) is 21.7 Å². The summed E-state index contributed by atoms with van der Waals surface area (Å²) in [6.45, 7) is 1.19. The van der Waals surface area contributed by atoms with E-state index in [1.165, 1.54) is 5.56 Å². The summed E-state index contributed by atoms with van der Waals surface area (Å²) in [5.74, 6) is -0.168. The molecule has 0 bridgehead atoms. The third-order valence-electron chi connectivity index (χ3n) is 8.54. The fraction of sp³-hybridized carbons (Fsp3) is 0.200. The number of aryl methyl sites for hydroxylation is 1. The van der Waals surface area contributed by atoms with Crippen LogP contribution in [0.3, 0.4) is 0 Å². The van der Waals surface area contributed by atoms with Crippen LogP contribution in [0.15, 0.2) is 91.5 Å². The van der Waals surface area contributed by atoms with E-state index >= 15 is 0 Å². The van der Waals surface area contributed by atoms with Crippen molar-refractivity contribution in [3.8, 4) is 0 Å². The minimum atomic E-state index is -1.04. The largest absolute Gasteiger partial charge is 0.377 e. The van der Waals surface area contributed by atoms with Gasteiger partial charge in [0.05, 0.1) is 18.3 Å². The highest BCUT2D eigenvalue weighted by atomic mass is 16.2. The lowest BCUT2D eigenvalue weighted by molar-refractivity contribution is -0.119. The summed E-state index contributed by atoms with van der Waals surface area (Å²) in [4.78, 5) is 41.8. The van der Waals surface area contributed by atoms with Crippen LogP contribution in [-0.2, 0) is 24.3 Å². The van der Waals surface area contributed by atoms with Crippen molar-refractivity contribution in [1.82, 2.24) is 30.6 Å². The minimum Gasteiger partial charge on any atom is -0.377 e. The van der Waals surface area contributed by atoms with Crippen molar-refractivity contribution in [2.24, 2.45) is 5.73 Å². The molecule has 1 aliphatic rings. The summed E-state index contributed by atoms with van der Waals surface area (Å²) in [6, 6.07) is 20.7. The van der Waals surface area contributed by atoms with E-state index in [4.69, 9.17) is 5.73 Å². The van der Waals surface area contributed by atoms with E-state index in [1.807, 2.05) is 60.8 Å². The maximum atomic E-state index is 13.8. The lowest BCUT2D eigenvalue weighted by Gasteiger charge is -2.26. The molecule has 1 aliphatic carbocycles. The van der Waals surface area contributed by atoms with Crippen LogP contribution in [0, 0.1) is 0 Å². The SMILES string of the molecule is NC(=O)[C@@H](NC(=O)c1ccc(CNCc2ncc[nH]2)c2ccccc12)c1c[nH]c2ccc(NC3CCCc4cccnc43)cc12. The second-order valence-corrected chi connectivity index (χ2v) is 11.4. The Labute approximate surface area is 259 Å². The average Bonchev–Trinajstić information content (AvgIpc) is 3.74. The molecule has 3 heterocycles. The van der Waals surface area contributed by atoms with Crippen LogP contribution >= 0.6 is 0 Å². The number of hydrogen-bond acceptors (Lipinski definition) is 6. The van der Waals surface area contributed by atoms with Crippen LogP contribution in [0.5, 0.6) is 0 Å². The zero-order chi connectivity index (χ0) is 30.8. The van der Waals surface area contributed by atoms with Crippen LogP contribution < -0.4 is 21.7 Å². The normalized spacial score (nSPS) is 15.1. The Morgan fingerprint density at radius 1 is 0.933 bits per heavy atom. The Morgan fingerprint density at radius 3 is 2.67 bits per heavy atom. The van der Waals surface area contributed by atoms with Gasteiger partial charge in [0.1, 0.15) is 11.9 Å². The maximum Gasteiger partial charge on any atom is 0.252 e. The molecule has 10 heteroatoms. The molecule has 7 rings (SSSR count). The Morgan fingerprint density at radius 2 is 1.82 bits per heavy atom. The molecule has 1 unspecified atom stereocenters. The van der Waals surface area contributed by atoms with Gasteiger partial charge in [-0.2, -0.15) is 0 Å². The van der Waals surface area contributed by atoms with Crippen molar-refractivity contribution in [3.05, 3.63) is 125 Å². The maximum absolute atomic E-state index is 13.8. The average molecular weight is 599 g/mol. The van der Waals surface area contributed by atoms with Gasteiger partial charge in [-0.15, -0.1) is 0 Å². The molecule has 0 spiro atoms. The summed E-state index contributed by atoms with van der Waals surface area (Å²) in [7, 11) is 0. The molecule has 0 fully saturated rings. The second kappa shape index (κ2) is 12.3. The first kappa shape index (κ1) is 28.3. The number of aromatic amines is 2. The first-order valence-electron chi connectivity index (χ1n) is 15.2. The van der Waals surface area contributed by atoms with Gasteiger partial charge in [-0.1, -0.05) is 36.4 Å². The molecule has 0 saturated carbocycles. The van der Waals surface area contributed by atoms with Crippen LogP contribution in [0.2, 0.25) is 0 Å². The highest BCUT2D eigenvalue weighted by Crippen LogP contribution is 2.33. The number of pyridine rings is 1. The Kier molecular flexibility index (Phi) is 7.71. The van der Waals surface area contributed by atoms with Crippen LogP contribution in [0.4, 0.5) is 5.69 Å². The zero-order valence-corrected chi connectivity index (χ0v) is 24.6. The van der Waals surface area contributed by atoms with Crippen molar-refractivity contribution in [2.45, 2.75) is 44.4 Å². The lowest BCUT2D eigenvalue weighted by Crippen LogP contribution is -2.37. The highest BCUT2D eigenvalue weighted by Gasteiger charge is 2.26. The number of carbonyl (C=O) groups is 2. The van der Waals surface area contributed by atoms with Gasteiger partial charge in [0.15, 0.2) is 0 Å². The molecule has 0 saturated heterocycles. The van der Waals surface area contributed by atoms with Gasteiger partial charge in [0, 0.05) is 59.0 Å². The van der Waals surface area contributed by atoms with E-state index in [1.54, 1.807) is 24.7 Å². The molecule has 0 radical (unpaired) electrons. The van der Waals surface area contributed by atoms with Crippen molar-refractivity contribution in [1.29, 1.82) is 0 Å². The third-order valence-corrected chi connectivity index (χ3v) is 8.54. The quantitative estimate of drug-likeness (QED) is 0.128. The number of hydrogen-bond donors (Lipinski definition) is 6. The first-order chi connectivity index (χ1) is 22.0. The number of nitrogens with one attached hydrogen (secondary N) is 5. The number of nitrogens with two attached hydrogens (primary N) is 1. The van der Waals surface area contributed by atoms with Crippen molar-refractivity contribution < 1.29 is 9.59 Å². The number of primary amides is 1. The van der Waals surface area contributed by atoms with Gasteiger partial charge >= 0.3 is 0 Å². The Bertz CT molecular complexity index is 2000. The van der Waals surface area contributed by atoms with Gasteiger partial charge in [-0.05, 0) is 71.5 Å². The third kappa shape index (κ3) is 5.75. The molecule has 2 amide bonds. The summed E-state index contributed by atoms with van der Waals surface area (Å²) < 4.78 is 0. The standard InChI is InChI=1S/C35H34N8O2/c36-34(44)33(28-19-41-29-13-11-23(17-27(28)29)42-30-9-3-5-21-6-4-14-40-32(21)30)43-35(45)26-12-10-22(24-7-1-2-8-25(24)26)18-37-20-31-38-15-16-39-31/h1-2,4,6-8,10-17,19,30,33,37,41-42H,3,5,9,18,20H2,(H2,36,44)(H,38,39)(H,43,45)/t30?,33-/m0/s1.